The predicted octanol–water partition coefficient (Wildman–Crippen LogP) is 4.52. The zero-order valence-corrected chi connectivity index (χ0v) is 11.8. The van der Waals surface area contributed by atoms with Crippen molar-refractivity contribution >= 4 is 21.7 Å². The highest BCUT2D eigenvalue weighted by molar-refractivity contribution is 9.10. The van der Waals surface area contributed by atoms with Gasteiger partial charge in [0.2, 0.25) is 0 Å². The summed E-state index contributed by atoms with van der Waals surface area (Å²) in [5.74, 6) is -2.35. The molecule has 0 fully saturated rings. The van der Waals surface area contributed by atoms with E-state index in [1.807, 2.05) is 6.92 Å². The van der Waals surface area contributed by atoms with Gasteiger partial charge in [-0.15, -0.1) is 0 Å². The average Bonchev–Trinajstić information content (AvgIpc) is 2.43. The molecule has 0 spiro atoms. The van der Waals surface area contributed by atoms with Gasteiger partial charge in [0.25, 0.3) is 0 Å². The molecule has 2 aromatic rings. The Morgan fingerprint density at radius 2 is 1.84 bits per heavy atom. The number of carbonyl (C=O) groups is 1. The van der Waals surface area contributed by atoms with E-state index in [0.29, 0.717) is 12.0 Å². The lowest BCUT2D eigenvalue weighted by atomic mass is 9.96. The van der Waals surface area contributed by atoms with Crippen molar-refractivity contribution < 1.29 is 13.6 Å². The van der Waals surface area contributed by atoms with Crippen LogP contribution in [0.2, 0.25) is 0 Å². The largest absolute Gasteiger partial charge is 0.288 e. The van der Waals surface area contributed by atoms with Gasteiger partial charge in [0.05, 0.1) is 10.0 Å². The van der Waals surface area contributed by atoms with E-state index in [9.17, 15) is 13.6 Å². The Bertz CT molecular complexity index is 638. The van der Waals surface area contributed by atoms with Crippen LogP contribution in [0.4, 0.5) is 8.78 Å². The van der Waals surface area contributed by atoms with Crippen molar-refractivity contribution in [1.82, 2.24) is 0 Å². The zero-order valence-electron chi connectivity index (χ0n) is 10.2. The van der Waals surface area contributed by atoms with Gasteiger partial charge >= 0.3 is 0 Å². The second-order valence-corrected chi connectivity index (χ2v) is 4.91. The molecule has 0 heterocycles. The molecule has 0 atom stereocenters. The summed E-state index contributed by atoms with van der Waals surface area (Å²) < 4.78 is 27.7. The van der Waals surface area contributed by atoms with Gasteiger partial charge < -0.3 is 0 Å². The Kier molecular flexibility index (Phi) is 4.10. The van der Waals surface area contributed by atoms with Crippen LogP contribution >= 0.6 is 15.9 Å². The van der Waals surface area contributed by atoms with Crippen molar-refractivity contribution in [3.63, 3.8) is 0 Å². The number of ketones is 1. The molecule has 0 aliphatic rings. The van der Waals surface area contributed by atoms with E-state index in [1.54, 1.807) is 24.3 Å². The number of carbonyl (C=O) groups excluding carboxylic acids is 1. The highest BCUT2D eigenvalue weighted by Crippen LogP contribution is 2.25. The van der Waals surface area contributed by atoms with Crippen LogP contribution < -0.4 is 0 Å². The molecule has 0 aromatic heterocycles. The minimum atomic E-state index is -0.865. The first-order valence-corrected chi connectivity index (χ1v) is 6.61. The first-order valence-electron chi connectivity index (χ1n) is 5.82. The number of benzene rings is 2. The van der Waals surface area contributed by atoms with Crippen LogP contribution in [0.15, 0.2) is 40.9 Å². The third kappa shape index (κ3) is 2.59. The van der Waals surface area contributed by atoms with E-state index < -0.39 is 23.0 Å². The lowest BCUT2D eigenvalue weighted by Crippen LogP contribution is -2.10. The van der Waals surface area contributed by atoms with Crippen molar-refractivity contribution in [2.24, 2.45) is 0 Å². The molecule has 0 radical (unpaired) electrons. The standard InChI is InChI=1S/C15H11BrF2O/c1-2-9-5-3-4-6-10(9)15(19)13-12(17)8-7-11(16)14(13)18/h3-8H,2H2,1H3. The van der Waals surface area contributed by atoms with Crippen molar-refractivity contribution in [2.45, 2.75) is 13.3 Å². The minimum Gasteiger partial charge on any atom is -0.288 e. The molecule has 0 unspecified atom stereocenters. The van der Waals surface area contributed by atoms with E-state index >= 15 is 0 Å². The van der Waals surface area contributed by atoms with Crippen LogP contribution in [0.25, 0.3) is 0 Å². The highest BCUT2D eigenvalue weighted by Gasteiger charge is 2.22. The first-order chi connectivity index (χ1) is 9.06. The van der Waals surface area contributed by atoms with Crippen LogP contribution in [-0.2, 0) is 6.42 Å². The molecular weight excluding hydrogens is 314 g/mol. The molecule has 0 saturated heterocycles. The summed E-state index contributed by atoms with van der Waals surface area (Å²) >= 11 is 2.96. The fraction of sp³-hybridized carbons (Fsp3) is 0.133. The first kappa shape index (κ1) is 13.9. The van der Waals surface area contributed by atoms with E-state index in [1.165, 1.54) is 6.07 Å². The predicted molar refractivity (Wildman–Crippen MR) is 73.3 cm³/mol. The Morgan fingerprint density at radius 1 is 1.16 bits per heavy atom. The highest BCUT2D eigenvalue weighted by atomic mass is 79.9. The lowest BCUT2D eigenvalue weighted by Gasteiger charge is -2.09. The maximum atomic E-state index is 13.9. The van der Waals surface area contributed by atoms with Gasteiger partial charge in [-0.05, 0) is 40.0 Å². The van der Waals surface area contributed by atoms with Gasteiger partial charge in [0.1, 0.15) is 5.82 Å². The summed E-state index contributed by atoms with van der Waals surface area (Å²) in [5.41, 5.74) is 0.586. The number of hydrogen-bond donors (Lipinski definition) is 0. The fourth-order valence-corrected chi connectivity index (χ4v) is 2.25. The topological polar surface area (TPSA) is 17.1 Å². The SMILES string of the molecule is CCc1ccccc1C(=O)c1c(F)ccc(Br)c1F. The molecule has 4 heteroatoms. The molecule has 0 saturated carbocycles. The molecule has 0 N–H and O–H groups in total. The molecule has 98 valence electrons. The number of rotatable bonds is 3. The molecule has 0 bridgehead atoms. The third-order valence-electron chi connectivity index (χ3n) is 2.91. The second kappa shape index (κ2) is 5.61. The summed E-state index contributed by atoms with van der Waals surface area (Å²) in [6, 6.07) is 9.16. The summed E-state index contributed by atoms with van der Waals surface area (Å²) in [6.07, 6.45) is 0.624. The molecule has 19 heavy (non-hydrogen) atoms. The molecule has 2 aromatic carbocycles. The smallest absolute Gasteiger partial charge is 0.199 e. The Hall–Kier alpha value is -1.55. The maximum Gasteiger partial charge on any atom is 0.199 e. The average molecular weight is 325 g/mol. The zero-order chi connectivity index (χ0) is 14.0. The maximum absolute atomic E-state index is 13.9. The van der Waals surface area contributed by atoms with Crippen LogP contribution in [0, 0.1) is 11.6 Å². The molecule has 0 aliphatic heterocycles. The van der Waals surface area contributed by atoms with Crippen molar-refractivity contribution in [1.29, 1.82) is 0 Å². The van der Waals surface area contributed by atoms with Gasteiger partial charge in [-0.25, -0.2) is 8.78 Å². The van der Waals surface area contributed by atoms with Crippen molar-refractivity contribution in [3.05, 3.63) is 69.2 Å². The fourth-order valence-electron chi connectivity index (χ4n) is 1.92. The van der Waals surface area contributed by atoms with E-state index in [2.05, 4.69) is 15.9 Å². The van der Waals surface area contributed by atoms with Crippen LogP contribution in [0.3, 0.4) is 0 Å². The normalized spacial score (nSPS) is 10.5. The second-order valence-electron chi connectivity index (χ2n) is 4.06. The lowest BCUT2D eigenvalue weighted by molar-refractivity contribution is 0.103. The van der Waals surface area contributed by atoms with Crippen LogP contribution in [0.1, 0.15) is 28.4 Å². The monoisotopic (exact) mass is 324 g/mol. The van der Waals surface area contributed by atoms with Gasteiger partial charge in [-0.1, -0.05) is 31.2 Å². The Morgan fingerprint density at radius 3 is 2.53 bits per heavy atom. The molecule has 2 rings (SSSR count). The summed E-state index contributed by atoms with van der Waals surface area (Å²) in [4.78, 5) is 12.3. The van der Waals surface area contributed by atoms with Gasteiger partial charge in [-0.2, -0.15) is 0 Å². The quantitative estimate of drug-likeness (QED) is 0.599. The van der Waals surface area contributed by atoms with Crippen LogP contribution in [0.5, 0.6) is 0 Å². The minimum absolute atomic E-state index is 0.0752. The van der Waals surface area contributed by atoms with Crippen LogP contribution in [-0.4, -0.2) is 5.78 Å². The molecule has 0 amide bonds. The summed E-state index contributed by atoms with van der Waals surface area (Å²) in [5, 5.41) is 0. The summed E-state index contributed by atoms with van der Waals surface area (Å²) in [7, 11) is 0. The molecule has 0 aliphatic carbocycles. The van der Waals surface area contributed by atoms with E-state index in [0.717, 1.165) is 11.6 Å². The van der Waals surface area contributed by atoms with Gasteiger partial charge in [-0.3, -0.25) is 4.79 Å². The third-order valence-corrected chi connectivity index (χ3v) is 3.53. The Labute approximate surface area is 118 Å². The Balaban J connectivity index is 2.60. The van der Waals surface area contributed by atoms with Crippen molar-refractivity contribution in [2.75, 3.05) is 0 Å². The number of halogens is 3. The number of aryl methyl sites for hydroxylation is 1. The summed E-state index contributed by atoms with van der Waals surface area (Å²) in [6.45, 7) is 1.89. The molecular formula is C15H11BrF2O. The van der Waals surface area contributed by atoms with Gasteiger partial charge in [0, 0.05) is 5.56 Å². The van der Waals surface area contributed by atoms with E-state index in [4.69, 9.17) is 0 Å². The van der Waals surface area contributed by atoms with Crippen molar-refractivity contribution in [3.8, 4) is 0 Å². The molecule has 1 nitrogen and oxygen atoms in total. The van der Waals surface area contributed by atoms with Gasteiger partial charge in [0.15, 0.2) is 11.6 Å². The van der Waals surface area contributed by atoms with E-state index in [-0.39, 0.29) is 4.47 Å². The number of hydrogen-bond acceptors (Lipinski definition) is 1.